The Kier molecular flexibility index (Phi) is 7.11. The highest BCUT2D eigenvalue weighted by Crippen LogP contribution is 2.19. The van der Waals surface area contributed by atoms with E-state index in [1.54, 1.807) is 6.07 Å². The fraction of sp³-hybridized carbons (Fsp3) is 0.571. The van der Waals surface area contributed by atoms with E-state index in [9.17, 15) is 14.5 Å². The predicted molar refractivity (Wildman–Crippen MR) is 75.0 cm³/mol. The zero-order chi connectivity index (χ0) is 15.0. The van der Waals surface area contributed by atoms with Gasteiger partial charge < -0.3 is 10.1 Å². The zero-order valence-corrected chi connectivity index (χ0v) is 11.9. The summed E-state index contributed by atoms with van der Waals surface area (Å²) < 4.78 is 19.2. The van der Waals surface area contributed by atoms with Crippen LogP contribution in [0.2, 0.25) is 0 Å². The molecular formula is C14H21FN2O3. The van der Waals surface area contributed by atoms with Gasteiger partial charge in [-0.1, -0.05) is 26.0 Å². The van der Waals surface area contributed by atoms with Crippen LogP contribution in [0.25, 0.3) is 0 Å². The molecule has 0 heterocycles. The van der Waals surface area contributed by atoms with Crippen LogP contribution in [0, 0.1) is 21.8 Å². The second kappa shape index (κ2) is 8.60. The fourth-order valence-corrected chi connectivity index (χ4v) is 1.69. The van der Waals surface area contributed by atoms with Crippen molar-refractivity contribution in [3.8, 4) is 0 Å². The van der Waals surface area contributed by atoms with Gasteiger partial charge in [-0.05, 0) is 18.9 Å². The van der Waals surface area contributed by atoms with Crippen molar-refractivity contribution >= 4 is 5.69 Å². The van der Waals surface area contributed by atoms with Crippen molar-refractivity contribution in [2.45, 2.75) is 26.8 Å². The molecule has 0 radical (unpaired) electrons. The molecule has 0 aliphatic rings. The molecule has 0 saturated heterocycles. The topological polar surface area (TPSA) is 64.4 Å². The molecule has 0 atom stereocenters. The molecule has 0 fully saturated rings. The van der Waals surface area contributed by atoms with Crippen molar-refractivity contribution in [2.24, 2.45) is 5.92 Å². The second-order valence-electron chi connectivity index (χ2n) is 5.01. The maximum Gasteiger partial charge on any atom is 0.305 e. The van der Waals surface area contributed by atoms with Crippen LogP contribution < -0.4 is 5.32 Å². The molecule has 1 aromatic rings. The number of nitro benzene ring substituents is 1. The van der Waals surface area contributed by atoms with Crippen LogP contribution in [0.4, 0.5) is 10.1 Å². The van der Waals surface area contributed by atoms with Gasteiger partial charge in [0, 0.05) is 31.4 Å². The molecule has 1 aromatic carbocycles. The van der Waals surface area contributed by atoms with E-state index in [0.717, 1.165) is 13.0 Å². The average molecular weight is 284 g/mol. The highest BCUT2D eigenvalue weighted by molar-refractivity contribution is 5.36. The first kappa shape index (κ1) is 16.5. The highest BCUT2D eigenvalue weighted by Gasteiger charge is 2.16. The molecule has 0 spiro atoms. The lowest BCUT2D eigenvalue weighted by Gasteiger charge is -2.08. The maximum atomic E-state index is 13.7. The fourth-order valence-electron chi connectivity index (χ4n) is 1.69. The number of halogens is 1. The minimum Gasteiger partial charge on any atom is -0.381 e. The third-order valence-corrected chi connectivity index (χ3v) is 2.66. The van der Waals surface area contributed by atoms with Crippen molar-refractivity contribution in [3.63, 3.8) is 0 Å². The quantitative estimate of drug-likeness (QED) is 0.430. The normalized spacial score (nSPS) is 11.0. The van der Waals surface area contributed by atoms with Crippen LogP contribution in [-0.2, 0) is 11.3 Å². The zero-order valence-electron chi connectivity index (χ0n) is 11.9. The average Bonchev–Trinajstić information content (AvgIpc) is 2.38. The standard InChI is InChI=1S/C14H21FN2O3/c1-11(2)10-20-8-4-7-16-9-12-5-3-6-13(14(12)15)17(18)19/h3,5-6,11,16H,4,7-10H2,1-2H3. The molecule has 112 valence electrons. The van der Waals surface area contributed by atoms with Gasteiger partial charge in [0.15, 0.2) is 0 Å². The molecule has 6 heteroatoms. The predicted octanol–water partition coefficient (Wildman–Crippen LogP) is 2.89. The van der Waals surface area contributed by atoms with E-state index in [0.29, 0.717) is 24.6 Å². The molecule has 0 unspecified atom stereocenters. The molecular weight excluding hydrogens is 263 g/mol. The summed E-state index contributed by atoms with van der Waals surface area (Å²) in [6.45, 7) is 6.52. The molecule has 0 aromatic heterocycles. The second-order valence-corrected chi connectivity index (χ2v) is 5.01. The van der Waals surface area contributed by atoms with Crippen LogP contribution in [-0.4, -0.2) is 24.7 Å². The van der Waals surface area contributed by atoms with E-state index in [2.05, 4.69) is 19.2 Å². The van der Waals surface area contributed by atoms with E-state index in [1.807, 2.05) is 0 Å². The number of nitrogens with one attached hydrogen (secondary N) is 1. The van der Waals surface area contributed by atoms with Gasteiger partial charge in [0.1, 0.15) is 0 Å². The van der Waals surface area contributed by atoms with Crippen LogP contribution in [0.3, 0.4) is 0 Å². The van der Waals surface area contributed by atoms with Crippen LogP contribution >= 0.6 is 0 Å². The first-order valence-corrected chi connectivity index (χ1v) is 6.72. The third kappa shape index (κ3) is 5.63. The van der Waals surface area contributed by atoms with Gasteiger partial charge in [-0.2, -0.15) is 4.39 Å². The number of nitrogens with zero attached hydrogens (tertiary/aromatic N) is 1. The SMILES string of the molecule is CC(C)COCCCNCc1cccc([N+](=O)[O-])c1F. The molecule has 0 bridgehead atoms. The Morgan fingerprint density at radius 2 is 2.20 bits per heavy atom. The lowest BCUT2D eigenvalue weighted by molar-refractivity contribution is -0.387. The van der Waals surface area contributed by atoms with Gasteiger partial charge in [-0.15, -0.1) is 0 Å². The Bertz CT molecular complexity index is 438. The first-order chi connectivity index (χ1) is 9.52. The van der Waals surface area contributed by atoms with Gasteiger partial charge in [0.2, 0.25) is 5.82 Å². The van der Waals surface area contributed by atoms with Gasteiger partial charge in [0.25, 0.3) is 0 Å². The van der Waals surface area contributed by atoms with Crippen molar-refractivity contribution in [3.05, 3.63) is 39.7 Å². The highest BCUT2D eigenvalue weighted by atomic mass is 19.1. The number of rotatable bonds is 9. The van der Waals surface area contributed by atoms with Crippen LogP contribution in [0.1, 0.15) is 25.8 Å². The molecule has 5 nitrogen and oxygen atoms in total. The third-order valence-electron chi connectivity index (χ3n) is 2.66. The summed E-state index contributed by atoms with van der Waals surface area (Å²) in [5.74, 6) is -0.247. The Morgan fingerprint density at radius 1 is 1.45 bits per heavy atom. The molecule has 0 saturated carbocycles. The van der Waals surface area contributed by atoms with Crippen molar-refractivity contribution in [2.75, 3.05) is 19.8 Å². The van der Waals surface area contributed by atoms with Crippen LogP contribution in [0.15, 0.2) is 18.2 Å². The van der Waals surface area contributed by atoms with Gasteiger partial charge >= 0.3 is 5.69 Å². The Hall–Kier alpha value is -1.53. The smallest absolute Gasteiger partial charge is 0.305 e. The summed E-state index contributed by atoms with van der Waals surface area (Å²) in [6, 6.07) is 4.20. The summed E-state index contributed by atoms with van der Waals surface area (Å²) in [4.78, 5) is 9.90. The summed E-state index contributed by atoms with van der Waals surface area (Å²) >= 11 is 0. The Morgan fingerprint density at radius 3 is 2.85 bits per heavy atom. The number of hydrogen-bond acceptors (Lipinski definition) is 4. The number of ether oxygens (including phenoxy) is 1. The van der Waals surface area contributed by atoms with E-state index >= 15 is 0 Å². The van der Waals surface area contributed by atoms with E-state index in [-0.39, 0.29) is 6.54 Å². The Labute approximate surface area is 118 Å². The maximum absolute atomic E-state index is 13.7. The van der Waals surface area contributed by atoms with E-state index < -0.39 is 16.4 Å². The number of nitro groups is 1. The Balaban J connectivity index is 2.29. The lowest BCUT2D eigenvalue weighted by atomic mass is 10.2. The molecule has 0 aliphatic carbocycles. The molecule has 0 aliphatic heterocycles. The molecule has 1 rings (SSSR count). The largest absolute Gasteiger partial charge is 0.381 e. The van der Waals surface area contributed by atoms with Crippen molar-refractivity contribution < 1.29 is 14.1 Å². The van der Waals surface area contributed by atoms with E-state index in [1.165, 1.54) is 12.1 Å². The number of hydrogen-bond donors (Lipinski definition) is 1. The summed E-state index contributed by atoms with van der Waals surface area (Å²) in [5.41, 5.74) is -0.174. The minimum atomic E-state index is -0.763. The monoisotopic (exact) mass is 284 g/mol. The summed E-state index contributed by atoms with van der Waals surface area (Å²) in [5, 5.41) is 13.7. The molecule has 0 amide bonds. The molecule has 20 heavy (non-hydrogen) atoms. The summed E-state index contributed by atoms with van der Waals surface area (Å²) in [7, 11) is 0. The number of benzene rings is 1. The first-order valence-electron chi connectivity index (χ1n) is 6.72. The van der Waals surface area contributed by atoms with Crippen molar-refractivity contribution in [1.29, 1.82) is 0 Å². The summed E-state index contributed by atoms with van der Waals surface area (Å²) in [6.07, 6.45) is 0.823. The lowest BCUT2D eigenvalue weighted by Crippen LogP contribution is -2.18. The molecule has 1 N–H and O–H groups in total. The van der Waals surface area contributed by atoms with Gasteiger partial charge in [-0.3, -0.25) is 10.1 Å². The van der Waals surface area contributed by atoms with Gasteiger partial charge in [0.05, 0.1) is 4.92 Å². The van der Waals surface area contributed by atoms with E-state index in [4.69, 9.17) is 4.74 Å². The van der Waals surface area contributed by atoms with Gasteiger partial charge in [-0.25, -0.2) is 0 Å². The minimum absolute atomic E-state index is 0.275. The van der Waals surface area contributed by atoms with Crippen molar-refractivity contribution in [1.82, 2.24) is 5.32 Å². The van der Waals surface area contributed by atoms with Crippen LogP contribution in [0.5, 0.6) is 0 Å².